The van der Waals surface area contributed by atoms with Crippen LogP contribution >= 0.6 is 11.3 Å². The summed E-state index contributed by atoms with van der Waals surface area (Å²) in [5.74, 6) is 0.880. The van der Waals surface area contributed by atoms with Gasteiger partial charge < -0.3 is 9.30 Å². The first kappa shape index (κ1) is 21.7. The fourth-order valence-corrected chi connectivity index (χ4v) is 4.75. The monoisotopic (exact) mass is 465 g/mol. The number of para-hydroxylation sites is 1. The number of hydrogen-bond donors (Lipinski definition) is 1. The second-order valence-corrected chi connectivity index (χ2v) is 9.39. The van der Waals surface area contributed by atoms with E-state index in [-0.39, 0.29) is 4.90 Å². The smallest absolute Gasteiger partial charge is 0.279 e. The first-order valence-corrected chi connectivity index (χ1v) is 11.9. The van der Waals surface area contributed by atoms with Crippen molar-refractivity contribution < 1.29 is 17.9 Å². The summed E-state index contributed by atoms with van der Waals surface area (Å²) in [4.78, 5) is 17.5. The highest BCUT2D eigenvalue weighted by molar-refractivity contribution is 7.89. The number of allylic oxidation sites excluding steroid dienone is 1. The molecule has 0 saturated carbocycles. The van der Waals surface area contributed by atoms with Crippen LogP contribution in [0.5, 0.6) is 11.5 Å². The molecule has 7 nitrogen and oxygen atoms in total. The van der Waals surface area contributed by atoms with Crippen LogP contribution in [-0.4, -0.2) is 18.9 Å². The van der Waals surface area contributed by atoms with Gasteiger partial charge in [-0.05, 0) is 54.6 Å². The van der Waals surface area contributed by atoms with Gasteiger partial charge in [0.25, 0.3) is 5.91 Å². The topological polar surface area (TPSA) is 104 Å². The minimum Gasteiger partial charge on any atom is -0.457 e. The van der Waals surface area contributed by atoms with Gasteiger partial charge in [-0.3, -0.25) is 4.79 Å². The third-order valence-corrected chi connectivity index (χ3v) is 6.52. The van der Waals surface area contributed by atoms with E-state index in [1.807, 2.05) is 30.3 Å². The lowest BCUT2D eigenvalue weighted by Gasteiger charge is -2.05. The van der Waals surface area contributed by atoms with E-state index in [1.165, 1.54) is 23.5 Å². The Labute approximate surface area is 188 Å². The number of primary sulfonamides is 1. The Kier molecular flexibility index (Phi) is 6.04. The van der Waals surface area contributed by atoms with Gasteiger partial charge in [0.05, 0.1) is 15.1 Å². The number of hydrogen-bond acceptors (Lipinski definition) is 5. The van der Waals surface area contributed by atoms with Gasteiger partial charge in [-0.15, -0.1) is 6.58 Å². The maximum absolute atomic E-state index is 12.8. The highest BCUT2D eigenvalue weighted by Gasteiger charge is 2.13. The molecular formula is C23H19N3O4S2. The molecule has 3 aromatic carbocycles. The number of nitrogens with two attached hydrogens (primary N) is 1. The Hall–Kier alpha value is -3.53. The van der Waals surface area contributed by atoms with Crippen LogP contribution in [0.1, 0.15) is 10.4 Å². The van der Waals surface area contributed by atoms with E-state index in [4.69, 9.17) is 9.88 Å². The largest absolute Gasteiger partial charge is 0.457 e. The maximum atomic E-state index is 12.8. The number of sulfonamides is 1. The lowest BCUT2D eigenvalue weighted by Crippen LogP contribution is -2.16. The summed E-state index contributed by atoms with van der Waals surface area (Å²) in [6.07, 6.45) is 1.68. The molecule has 1 aromatic heterocycles. The standard InChI is InChI=1S/C23H19N3O4S2/c1-2-14-26-20-13-12-19(32(24,28)29)15-21(20)31-23(26)25-22(27)16-8-10-18(11-9-16)30-17-6-4-3-5-7-17/h2-13,15H,1,14H2,(H2,24,28,29). The minimum atomic E-state index is -3.84. The summed E-state index contributed by atoms with van der Waals surface area (Å²) >= 11 is 1.21. The molecule has 9 heteroatoms. The van der Waals surface area contributed by atoms with E-state index in [1.54, 1.807) is 41.0 Å². The number of amides is 1. The molecule has 0 bridgehead atoms. The predicted molar refractivity (Wildman–Crippen MR) is 124 cm³/mol. The zero-order chi connectivity index (χ0) is 22.7. The highest BCUT2D eigenvalue weighted by atomic mass is 32.2. The normalized spacial score (nSPS) is 12.1. The number of fused-ring (bicyclic) bond motifs is 1. The molecule has 0 saturated heterocycles. The third-order valence-electron chi connectivity index (χ3n) is 4.57. The summed E-state index contributed by atoms with van der Waals surface area (Å²) in [6.45, 7) is 4.16. The van der Waals surface area contributed by atoms with Crippen LogP contribution in [-0.2, 0) is 16.6 Å². The fraction of sp³-hybridized carbons (Fsp3) is 0.0435. The van der Waals surface area contributed by atoms with Crippen LogP contribution in [0.4, 0.5) is 0 Å². The van der Waals surface area contributed by atoms with E-state index < -0.39 is 15.9 Å². The van der Waals surface area contributed by atoms with Crippen LogP contribution in [0.3, 0.4) is 0 Å². The Morgan fingerprint density at radius 2 is 1.75 bits per heavy atom. The van der Waals surface area contributed by atoms with Crippen molar-refractivity contribution in [1.82, 2.24) is 4.57 Å². The summed E-state index contributed by atoms with van der Waals surface area (Å²) in [7, 11) is -3.84. The van der Waals surface area contributed by atoms with Gasteiger partial charge in [0.15, 0.2) is 4.80 Å². The van der Waals surface area contributed by atoms with Gasteiger partial charge in [-0.2, -0.15) is 4.99 Å². The van der Waals surface area contributed by atoms with Crippen molar-refractivity contribution >= 4 is 37.5 Å². The van der Waals surface area contributed by atoms with Crippen molar-refractivity contribution in [2.24, 2.45) is 10.1 Å². The number of nitrogens with zero attached hydrogens (tertiary/aromatic N) is 2. The van der Waals surface area contributed by atoms with Crippen molar-refractivity contribution in [1.29, 1.82) is 0 Å². The number of thiazole rings is 1. The number of carbonyl (C=O) groups excluding carboxylic acids is 1. The number of rotatable bonds is 6. The van der Waals surface area contributed by atoms with Crippen molar-refractivity contribution in [2.75, 3.05) is 0 Å². The van der Waals surface area contributed by atoms with E-state index in [9.17, 15) is 13.2 Å². The number of carbonyl (C=O) groups is 1. The van der Waals surface area contributed by atoms with Gasteiger partial charge in [0.2, 0.25) is 10.0 Å². The van der Waals surface area contributed by atoms with E-state index >= 15 is 0 Å². The van der Waals surface area contributed by atoms with E-state index in [0.717, 1.165) is 5.52 Å². The average molecular weight is 466 g/mol. The molecule has 162 valence electrons. The maximum Gasteiger partial charge on any atom is 0.279 e. The highest BCUT2D eigenvalue weighted by Crippen LogP contribution is 2.23. The quantitative estimate of drug-likeness (QED) is 0.434. The molecule has 2 N–H and O–H groups in total. The zero-order valence-electron chi connectivity index (χ0n) is 16.8. The average Bonchev–Trinajstić information content (AvgIpc) is 3.11. The molecule has 0 atom stereocenters. The molecule has 0 unspecified atom stereocenters. The molecule has 0 aliphatic carbocycles. The van der Waals surface area contributed by atoms with Crippen LogP contribution in [0.15, 0.2) is 95.3 Å². The van der Waals surface area contributed by atoms with Crippen molar-refractivity contribution in [3.63, 3.8) is 0 Å². The third kappa shape index (κ3) is 4.70. The number of aromatic nitrogens is 1. The lowest BCUT2D eigenvalue weighted by molar-refractivity contribution is 0.0998. The van der Waals surface area contributed by atoms with Crippen molar-refractivity contribution in [2.45, 2.75) is 11.4 Å². The molecule has 1 heterocycles. The first-order valence-electron chi connectivity index (χ1n) is 9.54. The molecule has 0 aliphatic heterocycles. The van der Waals surface area contributed by atoms with Crippen LogP contribution in [0, 0.1) is 0 Å². The van der Waals surface area contributed by atoms with Gasteiger partial charge >= 0.3 is 0 Å². The fourth-order valence-electron chi connectivity index (χ4n) is 3.06. The number of benzene rings is 3. The molecule has 0 fully saturated rings. The van der Waals surface area contributed by atoms with Gasteiger partial charge in [0, 0.05) is 12.1 Å². The molecule has 32 heavy (non-hydrogen) atoms. The molecule has 4 aromatic rings. The molecule has 0 spiro atoms. The Bertz CT molecular complexity index is 1470. The summed E-state index contributed by atoms with van der Waals surface area (Å²) < 4.78 is 31.5. The van der Waals surface area contributed by atoms with Crippen LogP contribution in [0.2, 0.25) is 0 Å². The molecule has 4 rings (SSSR count). The SMILES string of the molecule is C=CCn1c(=NC(=O)c2ccc(Oc3ccccc3)cc2)sc2cc(S(N)(=O)=O)ccc21. The van der Waals surface area contributed by atoms with Crippen molar-refractivity contribution in [3.8, 4) is 11.5 Å². The lowest BCUT2D eigenvalue weighted by atomic mass is 10.2. The minimum absolute atomic E-state index is 0.00360. The van der Waals surface area contributed by atoms with Gasteiger partial charge in [-0.1, -0.05) is 35.6 Å². The van der Waals surface area contributed by atoms with Crippen molar-refractivity contribution in [3.05, 3.63) is 95.8 Å². The second kappa shape index (κ2) is 8.91. The summed E-state index contributed by atoms with van der Waals surface area (Å²) in [6, 6.07) is 20.6. The second-order valence-electron chi connectivity index (χ2n) is 6.81. The van der Waals surface area contributed by atoms with Crippen LogP contribution in [0.25, 0.3) is 10.2 Å². The molecule has 1 amide bonds. The van der Waals surface area contributed by atoms with Gasteiger partial charge in [-0.25, -0.2) is 13.6 Å². The summed E-state index contributed by atoms with van der Waals surface area (Å²) in [5.41, 5.74) is 1.14. The summed E-state index contributed by atoms with van der Waals surface area (Å²) in [5, 5.41) is 5.23. The predicted octanol–water partition coefficient (Wildman–Crippen LogP) is 4.07. The molecule has 0 aliphatic rings. The van der Waals surface area contributed by atoms with E-state index in [0.29, 0.717) is 33.1 Å². The number of ether oxygens (including phenoxy) is 1. The van der Waals surface area contributed by atoms with E-state index in [2.05, 4.69) is 11.6 Å². The Morgan fingerprint density at radius 1 is 1.06 bits per heavy atom. The van der Waals surface area contributed by atoms with Gasteiger partial charge in [0.1, 0.15) is 11.5 Å². The first-order chi connectivity index (χ1) is 15.3. The molecule has 0 radical (unpaired) electrons. The Balaban J connectivity index is 1.67. The molecular weight excluding hydrogens is 446 g/mol. The van der Waals surface area contributed by atoms with Crippen LogP contribution < -0.4 is 14.7 Å². The Morgan fingerprint density at radius 3 is 2.41 bits per heavy atom. The zero-order valence-corrected chi connectivity index (χ0v) is 18.5.